The minimum Gasteiger partial charge on any atom is -0.497 e. The number of benzene rings is 1. The highest BCUT2D eigenvalue weighted by molar-refractivity contribution is 5.91. The zero-order valence-electron chi connectivity index (χ0n) is 12.3. The van der Waals surface area contributed by atoms with E-state index in [1.807, 2.05) is 30.3 Å². The number of fused-ring (bicyclic) bond motifs is 2. The number of carbonyl (C=O) groups is 1. The lowest BCUT2D eigenvalue weighted by atomic mass is 10.00. The van der Waals surface area contributed by atoms with Crippen LogP contribution in [0, 0.1) is 0 Å². The van der Waals surface area contributed by atoms with Crippen LogP contribution in [0.5, 0.6) is 5.75 Å². The molecule has 0 spiro atoms. The van der Waals surface area contributed by atoms with E-state index in [9.17, 15) is 4.79 Å². The van der Waals surface area contributed by atoms with Crippen molar-refractivity contribution in [2.45, 2.75) is 43.8 Å². The molecule has 0 saturated carbocycles. The summed E-state index contributed by atoms with van der Waals surface area (Å²) in [6, 6.07) is 9.17. The summed E-state index contributed by atoms with van der Waals surface area (Å²) in [6.07, 6.45) is 8.06. The molecule has 2 N–H and O–H groups in total. The zero-order valence-corrected chi connectivity index (χ0v) is 12.3. The van der Waals surface area contributed by atoms with Crippen molar-refractivity contribution in [2.24, 2.45) is 0 Å². The minimum atomic E-state index is -0.00267. The number of nitrogens with one attached hydrogen (secondary N) is 2. The lowest BCUT2D eigenvalue weighted by Gasteiger charge is -2.29. The van der Waals surface area contributed by atoms with E-state index in [1.165, 1.54) is 12.8 Å². The van der Waals surface area contributed by atoms with Crippen molar-refractivity contribution in [1.29, 1.82) is 0 Å². The maximum absolute atomic E-state index is 12.0. The summed E-state index contributed by atoms with van der Waals surface area (Å²) < 4.78 is 5.11. The Balaban J connectivity index is 1.52. The highest BCUT2D eigenvalue weighted by Gasteiger charge is 2.33. The van der Waals surface area contributed by atoms with Gasteiger partial charge >= 0.3 is 0 Å². The Hall–Kier alpha value is -1.81. The summed E-state index contributed by atoms with van der Waals surface area (Å²) >= 11 is 0. The van der Waals surface area contributed by atoms with Crippen LogP contribution in [-0.2, 0) is 4.79 Å². The van der Waals surface area contributed by atoms with Gasteiger partial charge in [-0.3, -0.25) is 4.79 Å². The average Bonchev–Trinajstić information content (AvgIpc) is 2.84. The monoisotopic (exact) mass is 286 g/mol. The van der Waals surface area contributed by atoms with Gasteiger partial charge in [-0.05, 0) is 49.5 Å². The highest BCUT2D eigenvalue weighted by Crippen LogP contribution is 2.26. The number of methoxy groups -OCH3 is 1. The molecule has 0 radical (unpaired) electrons. The van der Waals surface area contributed by atoms with Crippen LogP contribution in [-0.4, -0.2) is 31.1 Å². The van der Waals surface area contributed by atoms with Gasteiger partial charge in [0, 0.05) is 24.2 Å². The summed E-state index contributed by atoms with van der Waals surface area (Å²) in [4.78, 5) is 12.0. The molecule has 0 aliphatic carbocycles. The summed E-state index contributed by atoms with van der Waals surface area (Å²) in [7, 11) is 1.64. The van der Waals surface area contributed by atoms with Crippen LogP contribution in [0.1, 0.15) is 31.2 Å². The third-order valence-corrected chi connectivity index (χ3v) is 4.36. The zero-order chi connectivity index (χ0) is 14.7. The van der Waals surface area contributed by atoms with Gasteiger partial charge in [-0.25, -0.2) is 0 Å². The van der Waals surface area contributed by atoms with Gasteiger partial charge in [0.2, 0.25) is 5.91 Å². The maximum Gasteiger partial charge on any atom is 0.244 e. The third-order valence-electron chi connectivity index (χ3n) is 4.36. The van der Waals surface area contributed by atoms with Gasteiger partial charge in [0.15, 0.2) is 0 Å². The van der Waals surface area contributed by atoms with Crippen molar-refractivity contribution < 1.29 is 9.53 Å². The minimum absolute atomic E-state index is 0.00267. The first kappa shape index (κ1) is 14.1. The van der Waals surface area contributed by atoms with Crippen molar-refractivity contribution in [3.63, 3.8) is 0 Å². The number of hydrogen-bond donors (Lipinski definition) is 2. The number of piperidine rings is 1. The van der Waals surface area contributed by atoms with Gasteiger partial charge in [0.25, 0.3) is 0 Å². The molecule has 2 saturated heterocycles. The van der Waals surface area contributed by atoms with Crippen LogP contribution in [0.15, 0.2) is 30.3 Å². The fraction of sp³-hybridized carbons (Fsp3) is 0.471. The molecule has 2 aliphatic heterocycles. The van der Waals surface area contributed by atoms with Crippen LogP contribution in [0.4, 0.5) is 0 Å². The quantitative estimate of drug-likeness (QED) is 0.834. The topological polar surface area (TPSA) is 50.4 Å². The third kappa shape index (κ3) is 3.64. The summed E-state index contributed by atoms with van der Waals surface area (Å²) in [5.41, 5.74) is 0.997. The molecule has 2 aliphatic rings. The van der Waals surface area contributed by atoms with E-state index in [-0.39, 0.29) is 5.91 Å². The molecule has 2 heterocycles. The lowest BCUT2D eigenvalue weighted by Crippen LogP contribution is -2.47. The molecular weight excluding hydrogens is 264 g/mol. The second kappa shape index (κ2) is 6.31. The molecular formula is C17H22N2O2. The Labute approximate surface area is 125 Å². The average molecular weight is 286 g/mol. The second-order valence-electron chi connectivity index (χ2n) is 5.92. The molecule has 4 heteroatoms. The van der Waals surface area contributed by atoms with E-state index in [4.69, 9.17) is 4.74 Å². The fourth-order valence-corrected chi connectivity index (χ4v) is 3.31. The van der Waals surface area contributed by atoms with Crippen molar-refractivity contribution in [3.05, 3.63) is 35.9 Å². The first-order valence-corrected chi connectivity index (χ1v) is 7.61. The fourth-order valence-electron chi connectivity index (χ4n) is 3.31. The standard InChI is InChI=1S/C17H22N2O2/c1-21-16-7-2-12(3-8-16)4-9-17(20)19-15-10-13-5-6-14(11-15)18-13/h2-4,7-9,13-15,18H,5-6,10-11H2,1H3,(H,19,20). The lowest BCUT2D eigenvalue weighted by molar-refractivity contribution is -0.117. The normalized spacial score (nSPS) is 27.8. The maximum atomic E-state index is 12.0. The van der Waals surface area contributed by atoms with E-state index in [0.29, 0.717) is 18.1 Å². The van der Waals surface area contributed by atoms with Gasteiger partial charge in [-0.15, -0.1) is 0 Å². The van der Waals surface area contributed by atoms with Crippen LogP contribution in [0.3, 0.4) is 0 Å². The molecule has 0 aromatic heterocycles. The van der Waals surface area contributed by atoms with Gasteiger partial charge < -0.3 is 15.4 Å². The van der Waals surface area contributed by atoms with Gasteiger partial charge in [0.05, 0.1) is 7.11 Å². The predicted molar refractivity (Wildman–Crippen MR) is 83.1 cm³/mol. The smallest absolute Gasteiger partial charge is 0.244 e. The van der Waals surface area contributed by atoms with E-state index in [0.717, 1.165) is 24.2 Å². The van der Waals surface area contributed by atoms with E-state index < -0.39 is 0 Å². The molecule has 1 aromatic carbocycles. The van der Waals surface area contributed by atoms with Crippen molar-refractivity contribution in [2.75, 3.05) is 7.11 Å². The van der Waals surface area contributed by atoms with Crippen molar-refractivity contribution in [3.8, 4) is 5.75 Å². The second-order valence-corrected chi connectivity index (χ2v) is 5.92. The molecule has 2 atom stereocenters. The Morgan fingerprint density at radius 2 is 1.90 bits per heavy atom. The summed E-state index contributed by atoms with van der Waals surface area (Å²) in [6.45, 7) is 0. The Morgan fingerprint density at radius 3 is 2.52 bits per heavy atom. The summed E-state index contributed by atoms with van der Waals surface area (Å²) in [5.74, 6) is 0.818. The molecule has 1 aromatic rings. The molecule has 21 heavy (non-hydrogen) atoms. The molecule has 1 amide bonds. The van der Waals surface area contributed by atoms with E-state index in [2.05, 4.69) is 10.6 Å². The Bertz CT molecular complexity index is 512. The number of amides is 1. The van der Waals surface area contributed by atoms with E-state index >= 15 is 0 Å². The summed E-state index contributed by atoms with van der Waals surface area (Å²) in [5, 5.41) is 6.70. The van der Waals surface area contributed by atoms with E-state index in [1.54, 1.807) is 13.2 Å². The first-order chi connectivity index (χ1) is 10.2. The number of carbonyl (C=O) groups excluding carboxylic acids is 1. The van der Waals surface area contributed by atoms with Crippen molar-refractivity contribution in [1.82, 2.24) is 10.6 Å². The number of hydrogen-bond acceptors (Lipinski definition) is 3. The highest BCUT2D eigenvalue weighted by atomic mass is 16.5. The molecule has 2 bridgehead atoms. The molecule has 2 unspecified atom stereocenters. The SMILES string of the molecule is COc1ccc(C=CC(=O)NC2CC3CCC(C2)N3)cc1. The first-order valence-electron chi connectivity index (χ1n) is 7.61. The molecule has 2 fully saturated rings. The number of ether oxygens (including phenoxy) is 1. The Morgan fingerprint density at radius 1 is 1.24 bits per heavy atom. The number of rotatable bonds is 4. The molecule has 3 rings (SSSR count). The van der Waals surface area contributed by atoms with Crippen molar-refractivity contribution >= 4 is 12.0 Å². The largest absolute Gasteiger partial charge is 0.497 e. The Kier molecular flexibility index (Phi) is 4.25. The van der Waals surface area contributed by atoms with Crippen LogP contribution in [0.25, 0.3) is 6.08 Å². The van der Waals surface area contributed by atoms with Gasteiger partial charge in [-0.2, -0.15) is 0 Å². The van der Waals surface area contributed by atoms with Gasteiger partial charge in [-0.1, -0.05) is 12.1 Å². The van der Waals surface area contributed by atoms with Crippen LogP contribution in [0.2, 0.25) is 0 Å². The molecule has 112 valence electrons. The van der Waals surface area contributed by atoms with Crippen LogP contribution < -0.4 is 15.4 Å². The predicted octanol–water partition coefficient (Wildman–Crippen LogP) is 2.11. The van der Waals surface area contributed by atoms with Gasteiger partial charge in [0.1, 0.15) is 5.75 Å². The molecule has 4 nitrogen and oxygen atoms in total. The van der Waals surface area contributed by atoms with Crippen LogP contribution >= 0.6 is 0 Å².